The van der Waals surface area contributed by atoms with Crippen molar-refractivity contribution in [3.63, 3.8) is 0 Å². The first-order chi connectivity index (χ1) is 8.79. The van der Waals surface area contributed by atoms with Gasteiger partial charge in [0.15, 0.2) is 0 Å². The number of rotatable bonds is 4. The molecule has 2 heterocycles. The number of nitrogens with zero attached hydrogens (tertiary/aromatic N) is 2. The van der Waals surface area contributed by atoms with Crippen LogP contribution in [0.3, 0.4) is 0 Å². The molecule has 18 heavy (non-hydrogen) atoms. The Morgan fingerprint density at radius 3 is 2.83 bits per heavy atom. The quantitative estimate of drug-likeness (QED) is 0.824. The maximum Gasteiger partial charge on any atom is 0.0220 e. The van der Waals surface area contributed by atoms with Gasteiger partial charge in [-0.1, -0.05) is 6.92 Å². The molecule has 0 bridgehead atoms. The molecule has 0 aliphatic carbocycles. The van der Waals surface area contributed by atoms with Crippen LogP contribution < -0.4 is 5.32 Å². The third kappa shape index (κ3) is 4.22. The van der Waals surface area contributed by atoms with Gasteiger partial charge in [0.05, 0.1) is 0 Å². The topological polar surface area (TPSA) is 18.5 Å². The molecule has 0 aromatic heterocycles. The Morgan fingerprint density at radius 2 is 2.11 bits per heavy atom. The molecule has 106 valence electrons. The van der Waals surface area contributed by atoms with Crippen molar-refractivity contribution in [2.45, 2.75) is 45.1 Å². The van der Waals surface area contributed by atoms with Gasteiger partial charge in [0, 0.05) is 12.6 Å². The van der Waals surface area contributed by atoms with E-state index in [1.807, 2.05) is 0 Å². The molecule has 3 nitrogen and oxygen atoms in total. The highest BCUT2D eigenvalue weighted by Crippen LogP contribution is 2.18. The van der Waals surface area contributed by atoms with Gasteiger partial charge in [0.1, 0.15) is 0 Å². The molecule has 2 rings (SSSR count). The van der Waals surface area contributed by atoms with Gasteiger partial charge < -0.3 is 10.2 Å². The first kappa shape index (κ1) is 14.3. The molecule has 2 aliphatic rings. The average Bonchev–Trinajstić information content (AvgIpc) is 2.59. The van der Waals surface area contributed by atoms with Gasteiger partial charge in [0.25, 0.3) is 0 Å². The number of hydrogen-bond acceptors (Lipinski definition) is 3. The fraction of sp³-hybridized carbons (Fsp3) is 1.00. The second-order valence-corrected chi connectivity index (χ2v) is 6.21. The van der Waals surface area contributed by atoms with Crippen LogP contribution in [-0.2, 0) is 0 Å². The van der Waals surface area contributed by atoms with Crippen molar-refractivity contribution in [3.8, 4) is 0 Å². The molecule has 2 unspecified atom stereocenters. The molecule has 2 atom stereocenters. The Morgan fingerprint density at radius 1 is 1.22 bits per heavy atom. The second-order valence-electron chi connectivity index (χ2n) is 6.21. The van der Waals surface area contributed by atoms with Crippen molar-refractivity contribution < 1.29 is 0 Å². The lowest BCUT2D eigenvalue weighted by Crippen LogP contribution is -2.41. The molecule has 1 N–H and O–H groups in total. The van der Waals surface area contributed by atoms with Gasteiger partial charge in [-0.05, 0) is 77.8 Å². The Hall–Kier alpha value is -0.120. The van der Waals surface area contributed by atoms with Crippen molar-refractivity contribution >= 4 is 0 Å². The fourth-order valence-electron chi connectivity index (χ4n) is 3.49. The summed E-state index contributed by atoms with van der Waals surface area (Å²) in [4.78, 5) is 5.27. The molecule has 2 fully saturated rings. The molecule has 0 saturated carbocycles. The number of hydrogen-bond donors (Lipinski definition) is 1. The van der Waals surface area contributed by atoms with Crippen molar-refractivity contribution in [2.75, 3.05) is 46.3 Å². The van der Waals surface area contributed by atoms with E-state index in [0.717, 1.165) is 12.0 Å². The minimum Gasteiger partial charge on any atom is -0.316 e. The van der Waals surface area contributed by atoms with Crippen molar-refractivity contribution in [1.29, 1.82) is 0 Å². The summed E-state index contributed by atoms with van der Waals surface area (Å²) >= 11 is 0. The Kier molecular flexibility index (Phi) is 5.93. The van der Waals surface area contributed by atoms with Gasteiger partial charge in [-0.3, -0.25) is 4.90 Å². The summed E-state index contributed by atoms with van der Waals surface area (Å²) in [5.41, 5.74) is 0. The van der Waals surface area contributed by atoms with Crippen molar-refractivity contribution in [2.24, 2.45) is 5.92 Å². The minimum atomic E-state index is 0.786. The highest BCUT2D eigenvalue weighted by molar-refractivity contribution is 4.79. The largest absolute Gasteiger partial charge is 0.316 e. The van der Waals surface area contributed by atoms with Gasteiger partial charge in [-0.2, -0.15) is 0 Å². The average molecular weight is 253 g/mol. The smallest absolute Gasteiger partial charge is 0.0220 e. The van der Waals surface area contributed by atoms with E-state index in [9.17, 15) is 0 Å². The van der Waals surface area contributed by atoms with Crippen molar-refractivity contribution in [1.82, 2.24) is 15.1 Å². The molecule has 0 amide bonds. The molecule has 0 aromatic carbocycles. The van der Waals surface area contributed by atoms with Gasteiger partial charge in [-0.25, -0.2) is 0 Å². The molecular formula is C15H31N3. The standard InChI is InChI=1S/C15H31N3/c1-3-15-13-17(2)9-5-10-18(15)11-7-14-6-4-8-16-12-14/h14-16H,3-13H2,1-2H3. The van der Waals surface area contributed by atoms with E-state index < -0.39 is 0 Å². The highest BCUT2D eigenvalue weighted by Gasteiger charge is 2.23. The fourth-order valence-corrected chi connectivity index (χ4v) is 3.49. The molecule has 2 saturated heterocycles. The van der Waals surface area contributed by atoms with Crippen LogP contribution in [0.4, 0.5) is 0 Å². The van der Waals surface area contributed by atoms with Crippen LogP contribution in [0.5, 0.6) is 0 Å². The monoisotopic (exact) mass is 253 g/mol. The Bertz CT molecular complexity index is 226. The summed E-state index contributed by atoms with van der Waals surface area (Å²) in [6.07, 6.45) is 6.86. The van der Waals surface area contributed by atoms with E-state index in [2.05, 4.69) is 29.1 Å². The molecule has 0 aromatic rings. The minimum absolute atomic E-state index is 0.786. The molecule has 0 radical (unpaired) electrons. The summed E-state index contributed by atoms with van der Waals surface area (Å²) in [5.74, 6) is 0.928. The Balaban J connectivity index is 1.78. The van der Waals surface area contributed by atoms with E-state index >= 15 is 0 Å². The summed E-state index contributed by atoms with van der Waals surface area (Å²) < 4.78 is 0. The molecule has 3 heteroatoms. The van der Waals surface area contributed by atoms with Crippen LogP contribution in [-0.4, -0.2) is 62.2 Å². The van der Waals surface area contributed by atoms with E-state index in [1.54, 1.807) is 0 Å². The van der Waals surface area contributed by atoms with Crippen LogP contribution in [0.15, 0.2) is 0 Å². The second kappa shape index (κ2) is 7.46. The van der Waals surface area contributed by atoms with E-state index in [1.165, 1.54) is 71.4 Å². The maximum absolute atomic E-state index is 3.54. The lowest BCUT2D eigenvalue weighted by Gasteiger charge is -2.32. The third-order valence-corrected chi connectivity index (χ3v) is 4.72. The SMILES string of the molecule is CCC1CN(C)CCCN1CCC1CCCNC1. The van der Waals surface area contributed by atoms with Crippen molar-refractivity contribution in [3.05, 3.63) is 0 Å². The first-order valence-corrected chi connectivity index (χ1v) is 7.93. The van der Waals surface area contributed by atoms with E-state index in [4.69, 9.17) is 0 Å². The zero-order valence-corrected chi connectivity index (χ0v) is 12.3. The zero-order chi connectivity index (χ0) is 12.8. The van der Waals surface area contributed by atoms with Crippen LogP contribution in [0.25, 0.3) is 0 Å². The highest BCUT2D eigenvalue weighted by atomic mass is 15.2. The normalized spacial score (nSPS) is 32.3. The molecular weight excluding hydrogens is 222 g/mol. The van der Waals surface area contributed by atoms with E-state index in [-0.39, 0.29) is 0 Å². The Labute approximate surface area is 113 Å². The van der Waals surface area contributed by atoms with Crippen LogP contribution in [0.1, 0.15) is 39.0 Å². The van der Waals surface area contributed by atoms with Gasteiger partial charge in [-0.15, -0.1) is 0 Å². The summed E-state index contributed by atoms with van der Waals surface area (Å²) in [5, 5.41) is 3.54. The van der Waals surface area contributed by atoms with Crippen LogP contribution in [0, 0.1) is 5.92 Å². The lowest BCUT2D eigenvalue weighted by molar-refractivity contribution is 0.167. The summed E-state index contributed by atoms with van der Waals surface area (Å²) in [6, 6.07) is 0.786. The predicted molar refractivity (Wildman–Crippen MR) is 78.0 cm³/mol. The zero-order valence-electron chi connectivity index (χ0n) is 12.3. The number of piperidine rings is 1. The molecule has 2 aliphatic heterocycles. The maximum atomic E-state index is 3.54. The lowest BCUT2D eigenvalue weighted by atomic mass is 9.95. The predicted octanol–water partition coefficient (Wildman–Crippen LogP) is 1.79. The van der Waals surface area contributed by atoms with Gasteiger partial charge >= 0.3 is 0 Å². The summed E-state index contributed by atoms with van der Waals surface area (Å²) in [6.45, 7) is 10.0. The molecule has 0 spiro atoms. The summed E-state index contributed by atoms with van der Waals surface area (Å²) in [7, 11) is 2.28. The van der Waals surface area contributed by atoms with E-state index in [0.29, 0.717) is 0 Å². The first-order valence-electron chi connectivity index (χ1n) is 7.93. The van der Waals surface area contributed by atoms with Crippen LogP contribution in [0.2, 0.25) is 0 Å². The number of nitrogens with one attached hydrogen (secondary N) is 1. The van der Waals surface area contributed by atoms with Crippen LogP contribution >= 0.6 is 0 Å². The number of likely N-dealkylation sites (N-methyl/N-ethyl adjacent to an activating group) is 1. The third-order valence-electron chi connectivity index (χ3n) is 4.72. The van der Waals surface area contributed by atoms with Gasteiger partial charge in [0.2, 0.25) is 0 Å².